The summed E-state index contributed by atoms with van der Waals surface area (Å²) in [7, 11) is -2.98. The van der Waals surface area contributed by atoms with Gasteiger partial charge >= 0.3 is 0 Å². The number of anilines is 1. The molecule has 126 valence electrons. The number of carbonyl (C=O) groups is 1. The van der Waals surface area contributed by atoms with Gasteiger partial charge in [0.2, 0.25) is 5.91 Å². The van der Waals surface area contributed by atoms with Crippen LogP contribution < -0.4 is 5.32 Å². The highest BCUT2D eigenvalue weighted by atomic mass is 32.2. The van der Waals surface area contributed by atoms with Crippen LogP contribution in [0.2, 0.25) is 0 Å². The number of rotatable bonds is 4. The zero-order chi connectivity index (χ0) is 17.2. The Morgan fingerprint density at radius 1 is 1.29 bits per heavy atom. The van der Waals surface area contributed by atoms with Crippen molar-refractivity contribution in [2.75, 3.05) is 16.8 Å². The molecular formula is C16H17N3O4S. The molecule has 1 aliphatic rings. The fraction of sp³-hybridized carbons (Fsp3) is 0.312. The largest absolute Gasteiger partial charge is 0.508 e. The molecule has 2 N–H and O–H groups in total. The minimum Gasteiger partial charge on any atom is -0.508 e. The molecule has 7 nitrogen and oxygen atoms in total. The number of aromatic nitrogens is 2. The summed E-state index contributed by atoms with van der Waals surface area (Å²) in [4.78, 5) is 20.3. The fourth-order valence-corrected chi connectivity index (χ4v) is 4.56. The molecule has 1 amide bonds. The van der Waals surface area contributed by atoms with Crippen molar-refractivity contribution in [1.82, 2.24) is 9.97 Å². The predicted octanol–water partition coefficient (Wildman–Crippen LogP) is 1.61. The van der Waals surface area contributed by atoms with Crippen molar-refractivity contribution in [3.05, 3.63) is 36.7 Å². The second kappa shape index (κ2) is 6.56. The van der Waals surface area contributed by atoms with Crippen LogP contribution in [0.3, 0.4) is 0 Å². The number of benzene rings is 1. The average molecular weight is 347 g/mol. The Labute approximate surface area is 139 Å². The van der Waals surface area contributed by atoms with Gasteiger partial charge in [-0.3, -0.25) is 4.79 Å². The lowest BCUT2D eigenvalue weighted by Gasteiger charge is -2.08. The van der Waals surface area contributed by atoms with E-state index in [0.717, 1.165) is 0 Å². The van der Waals surface area contributed by atoms with Crippen LogP contribution in [0.15, 0.2) is 36.7 Å². The minimum atomic E-state index is -2.98. The second-order valence-electron chi connectivity index (χ2n) is 5.87. The third-order valence-electron chi connectivity index (χ3n) is 3.84. The topological polar surface area (TPSA) is 109 Å². The highest BCUT2D eigenvalue weighted by Gasteiger charge is 2.29. The molecule has 1 fully saturated rings. The molecule has 3 rings (SSSR count). The Bertz CT molecular complexity index is 850. The van der Waals surface area contributed by atoms with E-state index in [0.29, 0.717) is 23.5 Å². The molecular weight excluding hydrogens is 330 g/mol. The van der Waals surface area contributed by atoms with E-state index in [-0.39, 0.29) is 35.5 Å². The Morgan fingerprint density at radius 2 is 2.04 bits per heavy atom. The van der Waals surface area contributed by atoms with Crippen LogP contribution in [0.1, 0.15) is 12.8 Å². The number of aromatic hydroxyl groups is 1. The molecule has 0 aliphatic carbocycles. The first kappa shape index (κ1) is 16.4. The molecule has 1 aliphatic heterocycles. The molecule has 0 spiro atoms. The Kier molecular flexibility index (Phi) is 4.48. The Morgan fingerprint density at radius 3 is 2.67 bits per heavy atom. The molecule has 1 aromatic carbocycles. The molecule has 24 heavy (non-hydrogen) atoms. The van der Waals surface area contributed by atoms with Gasteiger partial charge in [-0.15, -0.1) is 0 Å². The first-order chi connectivity index (χ1) is 11.4. The van der Waals surface area contributed by atoms with E-state index < -0.39 is 9.84 Å². The maximum absolute atomic E-state index is 12.0. The van der Waals surface area contributed by atoms with Gasteiger partial charge in [0.1, 0.15) is 5.75 Å². The zero-order valence-corrected chi connectivity index (χ0v) is 13.7. The first-order valence-electron chi connectivity index (χ1n) is 7.53. The van der Waals surface area contributed by atoms with Gasteiger partial charge in [0, 0.05) is 12.0 Å². The van der Waals surface area contributed by atoms with Crippen LogP contribution in [0, 0.1) is 5.92 Å². The lowest BCUT2D eigenvalue weighted by Crippen LogP contribution is -2.17. The number of nitrogens with zero attached hydrogens (tertiary/aromatic N) is 2. The van der Waals surface area contributed by atoms with E-state index in [1.165, 1.54) is 12.4 Å². The van der Waals surface area contributed by atoms with Crippen LogP contribution in [0.4, 0.5) is 5.69 Å². The summed E-state index contributed by atoms with van der Waals surface area (Å²) in [5.74, 6) is 0.430. The predicted molar refractivity (Wildman–Crippen MR) is 89.1 cm³/mol. The van der Waals surface area contributed by atoms with Crippen LogP contribution in [0.25, 0.3) is 11.4 Å². The average Bonchev–Trinajstić information content (AvgIpc) is 2.86. The summed E-state index contributed by atoms with van der Waals surface area (Å²) < 4.78 is 22.8. The minimum absolute atomic E-state index is 0.0767. The van der Waals surface area contributed by atoms with Crippen molar-refractivity contribution >= 4 is 21.4 Å². The molecule has 8 heteroatoms. The van der Waals surface area contributed by atoms with E-state index in [9.17, 15) is 18.3 Å². The smallest absolute Gasteiger partial charge is 0.224 e. The van der Waals surface area contributed by atoms with E-state index >= 15 is 0 Å². The van der Waals surface area contributed by atoms with Gasteiger partial charge in [0.15, 0.2) is 15.7 Å². The molecule has 0 saturated carbocycles. The standard InChI is InChI=1S/C16H17N3O4S/c20-14-3-1-2-12(7-14)16-17-8-13(9-18-16)19-15(21)6-11-4-5-24(22,23)10-11/h1-3,7-9,11,20H,4-6,10H2,(H,19,21)/t11-/m1/s1. The van der Waals surface area contributed by atoms with Crippen molar-refractivity contribution in [2.24, 2.45) is 5.92 Å². The van der Waals surface area contributed by atoms with Crippen LogP contribution in [-0.2, 0) is 14.6 Å². The Hall–Kier alpha value is -2.48. The number of amides is 1. The van der Waals surface area contributed by atoms with Crippen molar-refractivity contribution in [3.8, 4) is 17.1 Å². The fourth-order valence-electron chi connectivity index (χ4n) is 2.69. The van der Waals surface area contributed by atoms with Gasteiger partial charge in [0.05, 0.1) is 29.6 Å². The quantitative estimate of drug-likeness (QED) is 0.870. The lowest BCUT2D eigenvalue weighted by molar-refractivity contribution is -0.116. The summed E-state index contributed by atoms with van der Waals surface area (Å²) in [6.45, 7) is 0. The summed E-state index contributed by atoms with van der Waals surface area (Å²) in [5.41, 5.74) is 1.12. The van der Waals surface area contributed by atoms with Gasteiger partial charge < -0.3 is 10.4 Å². The summed E-state index contributed by atoms with van der Waals surface area (Å²) in [5, 5.41) is 12.1. The number of phenols is 1. The summed E-state index contributed by atoms with van der Waals surface area (Å²) in [6.07, 6.45) is 3.67. The first-order valence-corrected chi connectivity index (χ1v) is 9.35. The maximum atomic E-state index is 12.0. The molecule has 0 unspecified atom stereocenters. The summed E-state index contributed by atoms with van der Waals surface area (Å²) >= 11 is 0. The van der Waals surface area contributed by atoms with Crippen molar-refractivity contribution in [1.29, 1.82) is 0 Å². The van der Waals surface area contributed by atoms with Crippen LogP contribution >= 0.6 is 0 Å². The summed E-state index contributed by atoms with van der Waals surface area (Å²) in [6, 6.07) is 6.57. The van der Waals surface area contributed by atoms with E-state index in [2.05, 4.69) is 15.3 Å². The van der Waals surface area contributed by atoms with Crippen molar-refractivity contribution in [2.45, 2.75) is 12.8 Å². The maximum Gasteiger partial charge on any atom is 0.224 e. The normalized spacial score (nSPS) is 19.1. The number of phenolic OH excluding ortho intramolecular Hbond substituents is 1. The van der Waals surface area contributed by atoms with Crippen molar-refractivity contribution < 1.29 is 18.3 Å². The molecule has 2 heterocycles. The van der Waals surface area contributed by atoms with Crippen LogP contribution in [-0.4, -0.2) is 40.9 Å². The van der Waals surface area contributed by atoms with Gasteiger partial charge in [-0.05, 0) is 24.5 Å². The third kappa shape index (κ3) is 4.08. The Balaban J connectivity index is 1.61. The number of hydrogen-bond donors (Lipinski definition) is 2. The van der Waals surface area contributed by atoms with Gasteiger partial charge in [-0.2, -0.15) is 0 Å². The lowest BCUT2D eigenvalue weighted by atomic mass is 10.1. The number of hydrogen-bond acceptors (Lipinski definition) is 6. The van der Waals surface area contributed by atoms with E-state index in [4.69, 9.17) is 0 Å². The molecule has 0 bridgehead atoms. The van der Waals surface area contributed by atoms with Crippen LogP contribution in [0.5, 0.6) is 5.75 Å². The number of sulfone groups is 1. The zero-order valence-electron chi connectivity index (χ0n) is 12.8. The van der Waals surface area contributed by atoms with Crippen molar-refractivity contribution in [3.63, 3.8) is 0 Å². The molecule has 1 saturated heterocycles. The highest BCUT2D eigenvalue weighted by molar-refractivity contribution is 7.91. The monoisotopic (exact) mass is 347 g/mol. The third-order valence-corrected chi connectivity index (χ3v) is 5.68. The molecule has 1 aromatic heterocycles. The SMILES string of the molecule is O=C(C[C@H]1CCS(=O)(=O)C1)Nc1cnc(-c2cccc(O)c2)nc1. The number of nitrogens with one attached hydrogen (secondary N) is 1. The number of carbonyl (C=O) groups excluding carboxylic acids is 1. The van der Waals surface area contributed by atoms with E-state index in [1.54, 1.807) is 24.3 Å². The highest BCUT2D eigenvalue weighted by Crippen LogP contribution is 2.23. The molecule has 2 aromatic rings. The molecule has 0 radical (unpaired) electrons. The second-order valence-corrected chi connectivity index (χ2v) is 8.10. The molecule has 1 atom stereocenters. The van der Waals surface area contributed by atoms with E-state index in [1.807, 2.05) is 0 Å². The van der Waals surface area contributed by atoms with Gasteiger partial charge in [-0.1, -0.05) is 12.1 Å². The van der Waals surface area contributed by atoms with Gasteiger partial charge in [-0.25, -0.2) is 18.4 Å². The van der Waals surface area contributed by atoms with Gasteiger partial charge in [0.25, 0.3) is 0 Å².